The number of rotatable bonds is 8. The average molecular weight is 1860 g/mol. The first kappa shape index (κ1) is 90.3. The molecule has 12 heterocycles. The molecule has 8 atom stereocenters. The lowest BCUT2D eigenvalue weighted by molar-refractivity contribution is -0.138. The Balaban J connectivity index is 0.000000122. The molecule has 8 aromatic carbocycles. The van der Waals surface area contributed by atoms with Crippen molar-refractivity contribution in [2.24, 2.45) is 0 Å². The Morgan fingerprint density at radius 2 is 0.592 bits per heavy atom. The second kappa shape index (κ2) is 36.6. The maximum Gasteiger partial charge on any atom is 0.417 e. The number of carbonyl (C=O) groups excluding carboxylic acids is 4. The Bertz CT molecular complexity index is 6070. The number of alkyl halides is 6. The maximum absolute atomic E-state index is 13.7. The minimum Gasteiger partial charge on any atom is -0.327 e. The molecule has 8 bridgehead atoms. The van der Waals surface area contributed by atoms with Crippen LogP contribution in [0, 0.1) is 63.7 Å². The predicted octanol–water partition coefficient (Wildman–Crippen LogP) is 24.6. The summed E-state index contributed by atoms with van der Waals surface area (Å²) in [6.45, 7) is 8.54. The summed E-state index contributed by atoms with van der Waals surface area (Å²) in [7, 11) is 0. The smallest absolute Gasteiger partial charge is 0.327 e. The van der Waals surface area contributed by atoms with Crippen LogP contribution in [0.4, 0.5) is 48.3 Å². The van der Waals surface area contributed by atoms with Gasteiger partial charge >= 0.3 is 12.4 Å². The van der Waals surface area contributed by atoms with Gasteiger partial charge in [-0.3, -0.25) is 19.2 Å². The van der Waals surface area contributed by atoms with E-state index < -0.39 is 52.2 Å². The van der Waals surface area contributed by atoms with Gasteiger partial charge in [0, 0.05) is 79.3 Å². The number of aromatic nitrogens is 8. The topological polar surface area (TPSA) is 184 Å². The van der Waals surface area contributed by atoms with E-state index >= 15 is 0 Å². The second-order valence-corrected chi connectivity index (χ2v) is 35.5. The Kier molecular flexibility index (Phi) is 25.4. The van der Waals surface area contributed by atoms with Gasteiger partial charge in [0.05, 0.1) is 113 Å². The van der Waals surface area contributed by atoms with Crippen molar-refractivity contribution >= 4 is 70.0 Å². The minimum absolute atomic E-state index is 0.0228. The highest BCUT2D eigenvalue weighted by molar-refractivity contribution is 6.37. The van der Waals surface area contributed by atoms with Gasteiger partial charge in [-0.2, -0.15) is 26.3 Å². The largest absolute Gasteiger partial charge is 0.417 e. The summed E-state index contributed by atoms with van der Waals surface area (Å²) in [5, 5.41) is 0.375. The normalized spacial score (nSPS) is 19.7. The molecule has 668 valence electrons. The second-order valence-electron chi connectivity index (χ2n) is 33.9. The van der Waals surface area contributed by atoms with E-state index in [1.807, 2.05) is 23.6 Å². The fourth-order valence-electron chi connectivity index (χ4n) is 20.1. The molecule has 130 heavy (non-hydrogen) atoms. The Hall–Kier alpha value is -11.7. The lowest BCUT2D eigenvalue weighted by Crippen LogP contribution is -2.50. The molecule has 31 heteroatoms. The van der Waals surface area contributed by atoms with Crippen LogP contribution in [0.25, 0.3) is 45.0 Å². The summed E-state index contributed by atoms with van der Waals surface area (Å²) < 4.78 is 148. The molecule has 16 nitrogen and oxygen atoms in total. The number of benzene rings is 8. The minimum atomic E-state index is -4.66. The van der Waals surface area contributed by atoms with Crippen LogP contribution in [0.15, 0.2) is 170 Å². The number of nitrogens with zero attached hydrogens (tertiary/aromatic N) is 12. The SMILES string of the molecule is Cc1nc(-c2ccc(F)cc2)c2c(n1)[C@@H]1CCC[C@H](C2)N1C(=O)c1ccc(Cl)cc1Cl.Cc1nc(-c2ccc(F)cc2)c2c(n1)[C@@H]1CCC[C@H](C2)N1C(=O)c1ccc(F)cc1Cl.Cc1nc(-c2ccc(F)cc2)c2c(n1)[C@@H]1CCC[C@H](C2)N1C(=O)c1cccc(C(F)(F)F)c1C.Cc1nc(-c2ccc(F)cc2)c2c(n1)[C@@H]1CCC[C@H](C2)N1C(=O)c1cccc(C(F)(F)F)c1Cl. The first-order valence-electron chi connectivity index (χ1n) is 42.9. The van der Waals surface area contributed by atoms with Crippen LogP contribution in [-0.2, 0) is 38.0 Å². The molecule has 4 fully saturated rings. The van der Waals surface area contributed by atoms with Gasteiger partial charge in [0.1, 0.15) is 52.4 Å². The highest BCUT2D eigenvalue weighted by Gasteiger charge is 2.49. The summed E-state index contributed by atoms with van der Waals surface area (Å²) in [5.74, 6) is -0.692. The third-order valence-electron chi connectivity index (χ3n) is 25.7. The monoisotopic (exact) mass is 1850 g/mol. The van der Waals surface area contributed by atoms with Gasteiger partial charge in [0.2, 0.25) is 0 Å². The van der Waals surface area contributed by atoms with Crippen molar-refractivity contribution in [1.29, 1.82) is 0 Å². The van der Waals surface area contributed by atoms with Crippen LogP contribution in [0.5, 0.6) is 0 Å². The Labute approximate surface area is 761 Å². The molecular weight excluding hydrogens is 1770 g/mol. The van der Waals surface area contributed by atoms with Gasteiger partial charge in [0.15, 0.2) is 0 Å². The summed E-state index contributed by atoms with van der Waals surface area (Å²) in [5.41, 5.74) is 12.1. The summed E-state index contributed by atoms with van der Waals surface area (Å²) in [6, 6.07) is 39.4. The van der Waals surface area contributed by atoms with Crippen molar-refractivity contribution < 1.29 is 67.5 Å². The molecule has 0 unspecified atom stereocenters. The molecule has 4 saturated heterocycles. The molecule has 4 aromatic heterocycles. The molecule has 0 N–H and O–H groups in total. The van der Waals surface area contributed by atoms with E-state index in [9.17, 15) is 67.5 Å². The molecule has 0 aliphatic carbocycles. The van der Waals surface area contributed by atoms with Crippen molar-refractivity contribution in [2.75, 3.05) is 0 Å². The lowest BCUT2D eigenvalue weighted by Gasteiger charge is -2.47. The van der Waals surface area contributed by atoms with Crippen molar-refractivity contribution in [1.82, 2.24) is 59.5 Å². The van der Waals surface area contributed by atoms with E-state index in [4.69, 9.17) is 61.4 Å². The van der Waals surface area contributed by atoms with Gasteiger partial charge in [-0.1, -0.05) is 58.5 Å². The van der Waals surface area contributed by atoms with Crippen LogP contribution in [0.2, 0.25) is 20.1 Å². The Morgan fingerprint density at radius 1 is 0.315 bits per heavy atom. The predicted molar refractivity (Wildman–Crippen MR) is 470 cm³/mol. The summed E-state index contributed by atoms with van der Waals surface area (Å²) in [4.78, 5) is 98.9. The fraction of sp³-hybridized carbons (Fsp3) is 0.313. The lowest BCUT2D eigenvalue weighted by atomic mass is 9.80. The van der Waals surface area contributed by atoms with E-state index in [2.05, 4.69) is 24.9 Å². The zero-order chi connectivity index (χ0) is 91.8. The first-order chi connectivity index (χ1) is 62.1. The van der Waals surface area contributed by atoms with Gasteiger partial charge in [0.25, 0.3) is 23.6 Å². The highest BCUT2D eigenvalue weighted by atomic mass is 35.5. The molecule has 0 spiro atoms. The first-order valence-corrected chi connectivity index (χ1v) is 44.4. The third-order valence-corrected chi connectivity index (χ3v) is 27.0. The summed E-state index contributed by atoms with van der Waals surface area (Å²) >= 11 is 24.7. The average Bonchev–Trinajstić information content (AvgIpc) is 0.749. The number of fused-ring (bicyclic) bond motifs is 16. The van der Waals surface area contributed by atoms with Gasteiger partial charge in [-0.25, -0.2) is 61.8 Å². The molecule has 8 aliphatic rings. The molecule has 0 saturated carbocycles. The van der Waals surface area contributed by atoms with Gasteiger partial charge < -0.3 is 19.6 Å². The molecular formula is C99H83Cl4F11N12O4. The van der Waals surface area contributed by atoms with E-state index in [1.54, 1.807) is 90.4 Å². The number of hydrogen-bond donors (Lipinski definition) is 0. The van der Waals surface area contributed by atoms with Crippen LogP contribution < -0.4 is 0 Å². The number of hydrogen-bond acceptors (Lipinski definition) is 12. The summed E-state index contributed by atoms with van der Waals surface area (Å²) in [6.07, 6.45) is 2.97. The molecule has 20 rings (SSSR count). The number of aryl methyl sites for hydroxylation is 4. The Morgan fingerprint density at radius 3 is 0.900 bits per heavy atom. The van der Waals surface area contributed by atoms with Crippen molar-refractivity contribution in [3.05, 3.63) is 326 Å². The van der Waals surface area contributed by atoms with E-state index in [0.717, 1.165) is 149 Å². The maximum atomic E-state index is 13.7. The zero-order valence-corrected chi connectivity index (χ0v) is 73.8. The quantitative estimate of drug-likeness (QED) is 0.131. The van der Waals surface area contributed by atoms with E-state index in [0.29, 0.717) is 101 Å². The van der Waals surface area contributed by atoms with Gasteiger partial charge in [-0.05, 0) is 301 Å². The van der Waals surface area contributed by atoms with Crippen molar-refractivity contribution in [3.63, 3.8) is 0 Å². The number of amides is 4. The molecule has 8 aliphatic heterocycles. The molecule has 12 aromatic rings. The molecule has 4 amide bonds. The third kappa shape index (κ3) is 17.9. The number of halogens is 15. The van der Waals surface area contributed by atoms with Crippen LogP contribution >= 0.6 is 46.4 Å². The van der Waals surface area contributed by atoms with Crippen LogP contribution in [0.1, 0.15) is 228 Å². The van der Waals surface area contributed by atoms with Crippen LogP contribution in [-0.4, -0.2) is 107 Å². The number of piperidine rings is 4. The van der Waals surface area contributed by atoms with Crippen molar-refractivity contribution in [2.45, 2.75) is 198 Å². The highest BCUT2D eigenvalue weighted by Crippen LogP contribution is 2.52. The van der Waals surface area contributed by atoms with Crippen LogP contribution in [0.3, 0.4) is 0 Å². The number of carbonyl (C=O) groups is 4. The van der Waals surface area contributed by atoms with Crippen molar-refractivity contribution in [3.8, 4) is 45.0 Å². The zero-order valence-electron chi connectivity index (χ0n) is 70.8. The standard InChI is InChI=1S/C26H23F4N3O.C25H20ClF4N3O.C24H20Cl2FN3O.C24H20ClF2N3O/c1-14-19(6-4-7-21(14)26(28,29)30)25(34)33-18-5-3-8-22(33)24-20(13-18)23(31-15(2)32-24)16-9-11-17(27)12-10-16;1-13-31-22(14-8-10-15(27)11-9-14)18-12-16-4-2-7-20(23(18)32-13)33(16)24(34)17-5-3-6-19(21(17)26)25(28,29)30;1-13-28-22(14-5-8-16(27)9-6-14)19-12-17-3-2-4-21(23(19)29-13)30(17)24(31)18-10-7-15(25)11-20(18)26;1-13-28-22(14-5-7-15(26)8-6-14)19-12-17-3-2-4-21(23(19)29-13)30(17)24(31)18-10-9-16(27)11-20(18)25/h4,6-7,9-12,18,22H,3,5,8,13H2,1-2H3;3,5-6,8-11,16,20H,2,4,7,12H2,1H3;2*5-11,17,21H,2-4,12H2,1H3/t18-,22+;16-,20+;2*17-,21+/m1111/s1. The van der Waals surface area contributed by atoms with E-state index in [1.165, 1.54) is 97.9 Å². The fourth-order valence-corrected chi connectivity index (χ4v) is 21.2. The van der Waals surface area contributed by atoms with E-state index in [-0.39, 0.29) is 99.1 Å². The van der Waals surface area contributed by atoms with Gasteiger partial charge in [-0.15, -0.1) is 0 Å². The molecule has 0 radical (unpaired) electrons.